The first-order valence-corrected chi connectivity index (χ1v) is 6.27. The van der Waals surface area contributed by atoms with Crippen molar-refractivity contribution in [2.45, 2.75) is 27.2 Å². The van der Waals surface area contributed by atoms with Crippen molar-refractivity contribution in [2.24, 2.45) is 0 Å². The molecule has 2 N–H and O–H groups in total. The van der Waals surface area contributed by atoms with Gasteiger partial charge in [0.2, 0.25) is 0 Å². The van der Waals surface area contributed by atoms with Crippen LogP contribution in [0.25, 0.3) is 11.4 Å². The molecule has 0 amide bonds. The molecule has 2 rings (SSSR count). The van der Waals surface area contributed by atoms with Gasteiger partial charge in [-0.15, -0.1) is 0 Å². The van der Waals surface area contributed by atoms with E-state index < -0.39 is 11.5 Å². The van der Waals surface area contributed by atoms with Crippen molar-refractivity contribution in [3.63, 3.8) is 0 Å². The van der Waals surface area contributed by atoms with E-state index in [-0.39, 0.29) is 12.0 Å². The highest BCUT2D eigenvalue weighted by atomic mass is 16.4. The van der Waals surface area contributed by atoms with Crippen LogP contribution in [0.4, 0.5) is 0 Å². The number of benzene rings is 1. The molecule has 0 saturated carbocycles. The SMILES string of the molecule is Cc1ccc(-c2nc(C)c(CC(=O)O)c(=O)[nH]2)cc1C. The largest absolute Gasteiger partial charge is 0.481 e. The molecule has 5 nitrogen and oxygen atoms in total. The summed E-state index contributed by atoms with van der Waals surface area (Å²) in [6.45, 7) is 5.65. The van der Waals surface area contributed by atoms with E-state index in [2.05, 4.69) is 9.97 Å². The highest BCUT2D eigenvalue weighted by Crippen LogP contribution is 2.18. The molecule has 0 aliphatic heterocycles. The molecule has 0 bridgehead atoms. The minimum absolute atomic E-state index is 0.199. The first-order chi connectivity index (χ1) is 9.38. The maximum atomic E-state index is 12.0. The molecule has 0 saturated heterocycles. The molecule has 104 valence electrons. The number of aromatic nitrogens is 2. The summed E-state index contributed by atoms with van der Waals surface area (Å²) in [6.07, 6.45) is -0.318. The van der Waals surface area contributed by atoms with Gasteiger partial charge >= 0.3 is 5.97 Å². The molecule has 0 atom stereocenters. The fraction of sp³-hybridized carbons (Fsp3) is 0.267. The van der Waals surface area contributed by atoms with Crippen molar-refractivity contribution in [2.75, 3.05) is 0 Å². The second kappa shape index (κ2) is 5.28. The lowest BCUT2D eigenvalue weighted by atomic mass is 10.1. The van der Waals surface area contributed by atoms with Crippen LogP contribution in [-0.4, -0.2) is 21.0 Å². The number of carboxylic acids is 1. The summed E-state index contributed by atoms with van der Waals surface area (Å²) < 4.78 is 0. The number of nitrogens with zero attached hydrogens (tertiary/aromatic N) is 1. The highest BCUT2D eigenvalue weighted by Gasteiger charge is 2.12. The van der Waals surface area contributed by atoms with Crippen LogP contribution in [-0.2, 0) is 11.2 Å². The minimum atomic E-state index is -1.04. The number of aromatic amines is 1. The number of carboxylic acid groups (broad SMARTS) is 1. The van der Waals surface area contributed by atoms with Gasteiger partial charge in [-0.2, -0.15) is 0 Å². The van der Waals surface area contributed by atoms with E-state index in [0.29, 0.717) is 11.5 Å². The molecule has 0 aliphatic carbocycles. The first kappa shape index (κ1) is 14.0. The summed E-state index contributed by atoms with van der Waals surface area (Å²) in [5.74, 6) is -0.580. The molecule has 1 aromatic heterocycles. The normalized spacial score (nSPS) is 10.6. The zero-order valence-electron chi connectivity index (χ0n) is 11.7. The molecule has 0 unspecified atom stereocenters. The fourth-order valence-corrected chi connectivity index (χ4v) is 2.00. The van der Waals surface area contributed by atoms with Gasteiger partial charge in [0.15, 0.2) is 0 Å². The molecule has 1 heterocycles. The molecule has 0 aliphatic rings. The second-order valence-corrected chi connectivity index (χ2v) is 4.85. The third kappa shape index (κ3) is 2.77. The molecular formula is C15H16N2O3. The Labute approximate surface area is 116 Å². The van der Waals surface area contributed by atoms with Crippen LogP contribution in [0.5, 0.6) is 0 Å². The van der Waals surface area contributed by atoms with E-state index in [1.165, 1.54) is 0 Å². The van der Waals surface area contributed by atoms with Crippen molar-refractivity contribution >= 4 is 5.97 Å². The van der Waals surface area contributed by atoms with Gasteiger partial charge < -0.3 is 10.1 Å². The monoisotopic (exact) mass is 272 g/mol. The Morgan fingerprint density at radius 3 is 2.50 bits per heavy atom. The van der Waals surface area contributed by atoms with Crippen molar-refractivity contribution in [1.82, 2.24) is 9.97 Å². The number of aryl methyl sites for hydroxylation is 3. The van der Waals surface area contributed by atoms with Crippen LogP contribution in [0, 0.1) is 20.8 Å². The van der Waals surface area contributed by atoms with Crippen molar-refractivity contribution in [3.8, 4) is 11.4 Å². The van der Waals surface area contributed by atoms with Crippen LogP contribution in [0.2, 0.25) is 0 Å². The van der Waals surface area contributed by atoms with Gasteiger partial charge in [0, 0.05) is 16.8 Å². The molecule has 2 aromatic rings. The number of rotatable bonds is 3. The Morgan fingerprint density at radius 1 is 1.25 bits per heavy atom. The molecular weight excluding hydrogens is 256 g/mol. The zero-order valence-corrected chi connectivity index (χ0v) is 11.7. The highest BCUT2D eigenvalue weighted by molar-refractivity contribution is 5.70. The summed E-state index contributed by atoms with van der Waals surface area (Å²) in [7, 11) is 0. The van der Waals surface area contributed by atoms with E-state index in [1.807, 2.05) is 32.0 Å². The number of aliphatic carboxylic acids is 1. The smallest absolute Gasteiger partial charge is 0.308 e. The standard InChI is InChI=1S/C15H16N2O3/c1-8-4-5-11(6-9(8)2)14-16-10(3)12(7-13(18)19)15(20)17-14/h4-6H,7H2,1-3H3,(H,18,19)(H,16,17,20). The average Bonchev–Trinajstić information content (AvgIpc) is 2.36. The number of hydrogen-bond acceptors (Lipinski definition) is 3. The Balaban J connectivity index is 2.52. The quantitative estimate of drug-likeness (QED) is 0.895. The van der Waals surface area contributed by atoms with E-state index >= 15 is 0 Å². The molecule has 20 heavy (non-hydrogen) atoms. The van der Waals surface area contributed by atoms with Crippen molar-refractivity contribution < 1.29 is 9.90 Å². The number of carbonyl (C=O) groups is 1. The van der Waals surface area contributed by atoms with Gasteiger partial charge in [0.05, 0.1) is 6.42 Å². The van der Waals surface area contributed by atoms with E-state index in [9.17, 15) is 9.59 Å². The van der Waals surface area contributed by atoms with Gasteiger partial charge in [0.25, 0.3) is 5.56 Å². The molecule has 0 radical (unpaired) electrons. The number of nitrogens with one attached hydrogen (secondary N) is 1. The molecule has 0 spiro atoms. The topological polar surface area (TPSA) is 83.0 Å². The first-order valence-electron chi connectivity index (χ1n) is 6.27. The zero-order chi connectivity index (χ0) is 14.9. The predicted octanol–water partition coefficient (Wildman–Crippen LogP) is 1.99. The second-order valence-electron chi connectivity index (χ2n) is 4.85. The molecule has 0 fully saturated rings. The third-order valence-corrected chi connectivity index (χ3v) is 3.33. The van der Waals surface area contributed by atoms with Crippen LogP contribution < -0.4 is 5.56 Å². The van der Waals surface area contributed by atoms with Crippen LogP contribution in [0.1, 0.15) is 22.4 Å². The Morgan fingerprint density at radius 2 is 1.95 bits per heavy atom. The van der Waals surface area contributed by atoms with Gasteiger partial charge in [-0.1, -0.05) is 12.1 Å². The maximum absolute atomic E-state index is 12.0. The third-order valence-electron chi connectivity index (χ3n) is 3.33. The summed E-state index contributed by atoms with van der Waals surface area (Å²) in [5.41, 5.74) is 3.34. The lowest BCUT2D eigenvalue weighted by Crippen LogP contribution is -2.20. The van der Waals surface area contributed by atoms with Gasteiger partial charge in [-0.3, -0.25) is 9.59 Å². The summed E-state index contributed by atoms with van der Waals surface area (Å²) in [5, 5.41) is 8.79. The Kier molecular flexibility index (Phi) is 3.70. The Bertz CT molecular complexity index is 732. The van der Waals surface area contributed by atoms with Crippen LogP contribution in [0.3, 0.4) is 0 Å². The van der Waals surface area contributed by atoms with Gasteiger partial charge in [-0.05, 0) is 38.0 Å². The van der Waals surface area contributed by atoms with Crippen molar-refractivity contribution in [3.05, 3.63) is 50.9 Å². The van der Waals surface area contributed by atoms with Crippen molar-refractivity contribution in [1.29, 1.82) is 0 Å². The maximum Gasteiger partial charge on any atom is 0.308 e. The van der Waals surface area contributed by atoms with E-state index in [4.69, 9.17) is 5.11 Å². The van der Waals surface area contributed by atoms with Crippen LogP contribution in [0.15, 0.2) is 23.0 Å². The van der Waals surface area contributed by atoms with E-state index in [1.54, 1.807) is 6.92 Å². The van der Waals surface area contributed by atoms with Crippen LogP contribution >= 0.6 is 0 Å². The van der Waals surface area contributed by atoms with Gasteiger partial charge in [-0.25, -0.2) is 4.98 Å². The lowest BCUT2D eigenvalue weighted by Gasteiger charge is -2.07. The molecule has 1 aromatic carbocycles. The lowest BCUT2D eigenvalue weighted by molar-refractivity contribution is -0.136. The molecule has 5 heteroatoms. The number of H-pyrrole nitrogens is 1. The van der Waals surface area contributed by atoms with Gasteiger partial charge in [0.1, 0.15) is 5.82 Å². The number of hydrogen-bond donors (Lipinski definition) is 2. The summed E-state index contributed by atoms with van der Waals surface area (Å²) in [4.78, 5) is 29.7. The fourth-order valence-electron chi connectivity index (χ4n) is 2.00. The minimum Gasteiger partial charge on any atom is -0.481 e. The van der Waals surface area contributed by atoms with E-state index in [0.717, 1.165) is 16.7 Å². The Hall–Kier alpha value is -2.43. The summed E-state index contributed by atoms with van der Waals surface area (Å²) >= 11 is 0. The summed E-state index contributed by atoms with van der Waals surface area (Å²) in [6, 6.07) is 5.80. The predicted molar refractivity (Wildman–Crippen MR) is 75.8 cm³/mol. The average molecular weight is 272 g/mol.